The van der Waals surface area contributed by atoms with E-state index < -0.39 is 11.9 Å². The van der Waals surface area contributed by atoms with E-state index in [1.807, 2.05) is 0 Å². The summed E-state index contributed by atoms with van der Waals surface area (Å²) in [5, 5.41) is 10.3. The van der Waals surface area contributed by atoms with Gasteiger partial charge in [-0.2, -0.15) is 5.06 Å². The van der Waals surface area contributed by atoms with Gasteiger partial charge in [-0.1, -0.05) is 6.07 Å². The first-order valence-electron chi connectivity index (χ1n) is 6.39. The zero-order valence-corrected chi connectivity index (χ0v) is 11.0. The molecule has 1 aliphatic rings. The smallest absolute Gasteiger partial charge is 0.267 e. The molecule has 0 saturated carbocycles. The molecule has 5 nitrogen and oxygen atoms in total. The molecule has 0 spiro atoms. The van der Waals surface area contributed by atoms with Crippen molar-refractivity contribution >= 4 is 11.6 Å². The van der Waals surface area contributed by atoms with Crippen LogP contribution in [0, 0.1) is 5.82 Å². The van der Waals surface area contributed by atoms with E-state index in [1.165, 1.54) is 12.1 Å². The highest BCUT2D eigenvalue weighted by atomic mass is 19.1. The number of hydrogen-bond donors (Lipinski definition) is 2. The van der Waals surface area contributed by atoms with Crippen molar-refractivity contribution in [3.63, 3.8) is 0 Å². The van der Waals surface area contributed by atoms with E-state index in [0.717, 1.165) is 0 Å². The summed E-state index contributed by atoms with van der Waals surface area (Å²) < 4.78 is 18.7. The highest BCUT2D eigenvalue weighted by Gasteiger charge is 2.29. The summed E-state index contributed by atoms with van der Waals surface area (Å²) in [5.74, 6) is -0.0813. The Morgan fingerprint density at radius 1 is 1.24 bits per heavy atom. The zero-order valence-electron chi connectivity index (χ0n) is 11.0. The lowest BCUT2D eigenvalue weighted by Gasteiger charge is -2.27. The van der Waals surface area contributed by atoms with Gasteiger partial charge in [-0.05, 0) is 42.3 Å². The predicted molar refractivity (Wildman–Crippen MR) is 73.9 cm³/mol. The fourth-order valence-corrected chi connectivity index (χ4v) is 2.26. The quantitative estimate of drug-likeness (QED) is 0.831. The maximum Gasteiger partial charge on any atom is 0.267 e. The van der Waals surface area contributed by atoms with Gasteiger partial charge in [0, 0.05) is 6.07 Å². The zero-order chi connectivity index (χ0) is 15.0. The van der Waals surface area contributed by atoms with Gasteiger partial charge in [0.2, 0.25) is 0 Å². The molecule has 0 bridgehead atoms. The van der Waals surface area contributed by atoms with Gasteiger partial charge in [0.1, 0.15) is 17.3 Å². The molecule has 0 aromatic heterocycles. The van der Waals surface area contributed by atoms with Gasteiger partial charge in [-0.25, -0.2) is 4.39 Å². The Labute approximate surface area is 120 Å². The highest BCUT2D eigenvalue weighted by Crippen LogP contribution is 2.31. The number of carbonyl (C=O) groups is 1. The average Bonchev–Trinajstić information content (AvgIpc) is 2.45. The van der Waals surface area contributed by atoms with Crippen LogP contribution in [0.1, 0.15) is 5.56 Å². The topological polar surface area (TPSA) is 75.8 Å². The van der Waals surface area contributed by atoms with Crippen LogP contribution in [0.4, 0.5) is 10.1 Å². The molecule has 1 atom stereocenters. The van der Waals surface area contributed by atoms with Crippen molar-refractivity contribution in [2.24, 2.45) is 5.73 Å². The molecule has 1 aliphatic heterocycles. The number of hydrogen-bond acceptors (Lipinski definition) is 4. The standard InChI is InChI=1S/C15H13FN2O3/c16-10-2-1-3-11(8-10)21-12-4-5-14-9(6-12)7-13(17)15(19)18(14)20/h1-6,8,13,20H,7,17H2. The Bertz CT molecular complexity index is 705. The van der Waals surface area contributed by atoms with Crippen molar-refractivity contribution in [3.05, 3.63) is 53.8 Å². The molecule has 1 amide bonds. The van der Waals surface area contributed by atoms with Crippen molar-refractivity contribution in [2.45, 2.75) is 12.5 Å². The van der Waals surface area contributed by atoms with Gasteiger partial charge >= 0.3 is 0 Å². The molecule has 2 aromatic carbocycles. The van der Waals surface area contributed by atoms with Crippen LogP contribution in [0.25, 0.3) is 0 Å². The Balaban J connectivity index is 1.90. The number of nitrogens with zero attached hydrogens (tertiary/aromatic N) is 1. The van der Waals surface area contributed by atoms with E-state index in [-0.39, 0.29) is 5.82 Å². The van der Waals surface area contributed by atoms with Gasteiger partial charge in [-0.3, -0.25) is 10.0 Å². The first-order chi connectivity index (χ1) is 10.0. The maximum absolute atomic E-state index is 13.1. The largest absolute Gasteiger partial charge is 0.457 e. The molecule has 0 radical (unpaired) electrons. The van der Waals surface area contributed by atoms with E-state index in [1.54, 1.807) is 30.3 Å². The molecule has 1 unspecified atom stereocenters. The number of ether oxygens (including phenoxy) is 1. The Kier molecular flexibility index (Phi) is 3.32. The lowest BCUT2D eigenvalue weighted by Crippen LogP contribution is -2.47. The fourth-order valence-electron chi connectivity index (χ4n) is 2.26. The van der Waals surface area contributed by atoms with Crippen LogP contribution in [0.3, 0.4) is 0 Å². The van der Waals surface area contributed by atoms with Crippen molar-refractivity contribution < 1.29 is 19.1 Å². The number of nitrogens with two attached hydrogens (primary N) is 1. The third kappa shape index (κ3) is 2.58. The second-order valence-corrected chi connectivity index (χ2v) is 4.81. The summed E-state index contributed by atoms with van der Waals surface area (Å²) >= 11 is 0. The molecule has 0 fully saturated rings. The number of hydroxylamine groups is 1. The monoisotopic (exact) mass is 288 g/mol. The number of rotatable bonds is 2. The number of amides is 1. The minimum Gasteiger partial charge on any atom is -0.457 e. The van der Waals surface area contributed by atoms with Gasteiger partial charge in [0.25, 0.3) is 5.91 Å². The summed E-state index contributed by atoms with van der Waals surface area (Å²) in [6.07, 6.45) is 0.311. The summed E-state index contributed by atoms with van der Waals surface area (Å²) in [4.78, 5) is 11.6. The van der Waals surface area contributed by atoms with Crippen molar-refractivity contribution in [3.8, 4) is 11.5 Å². The minimum absolute atomic E-state index is 0.311. The van der Waals surface area contributed by atoms with Crippen molar-refractivity contribution in [1.29, 1.82) is 0 Å². The summed E-state index contributed by atoms with van der Waals surface area (Å²) in [6, 6.07) is 9.83. The van der Waals surface area contributed by atoms with Crippen molar-refractivity contribution in [1.82, 2.24) is 0 Å². The van der Waals surface area contributed by atoms with Crippen LogP contribution in [0.2, 0.25) is 0 Å². The Morgan fingerprint density at radius 2 is 2.00 bits per heavy atom. The average molecular weight is 288 g/mol. The highest BCUT2D eigenvalue weighted by molar-refractivity contribution is 5.98. The Hall–Kier alpha value is -2.44. The molecule has 1 heterocycles. The van der Waals surface area contributed by atoms with Crippen molar-refractivity contribution in [2.75, 3.05) is 5.06 Å². The molecule has 3 rings (SSSR count). The molecule has 0 aliphatic carbocycles. The molecule has 21 heavy (non-hydrogen) atoms. The van der Waals surface area contributed by atoms with Crippen LogP contribution >= 0.6 is 0 Å². The maximum atomic E-state index is 13.1. The summed E-state index contributed by atoms with van der Waals surface area (Å²) in [7, 11) is 0. The van der Waals surface area contributed by atoms with Gasteiger partial charge in [-0.15, -0.1) is 0 Å². The first kappa shape index (κ1) is 13.5. The van der Waals surface area contributed by atoms with Gasteiger partial charge < -0.3 is 10.5 Å². The van der Waals surface area contributed by atoms with E-state index in [9.17, 15) is 14.4 Å². The first-order valence-corrected chi connectivity index (χ1v) is 6.39. The molecular formula is C15H13FN2O3. The number of fused-ring (bicyclic) bond motifs is 1. The third-order valence-electron chi connectivity index (χ3n) is 3.28. The number of halogens is 1. The number of carbonyl (C=O) groups excluding carboxylic acids is 1. The van der Waals surface area contributed by atoms with E-state index in [4.69, 9.17) is 10.5 Å². The molecule has 108 valence electrons. The fraction of sp³-hybridized carbons (Fsp3) is 0.133. The molecular weight excluding hydrogens is 275 g/mol. The third-order valence-corrected chi connectivity index (χ3v) is 3.28. The van der Waals surface area contributed by atoms with E-state index in [0.29, 0.717) is 34.2 Å². The normalized spacial score (nSPS) is 17.6. The lowest BCUT2D eigenvalue weighted by atomic mass is 9.99. The molecule has 3 N–H and O–H groups in total. The predicted octanol–water partition coefficient (Wildman–Crippen LogP) is 2.22. The van der Waals surface area contributed by atoms with Gasteiger partial charge in [0.05, 0.1) is 11.7 Å². The second kappa shape index (κ2) is 5.16. The van der Waals surface area contributed by atoms with Crippen LogP contribution in [-0.4, -0.2) is 17.2 Å². The van der Waals surface area contributed by atoms with Crippen LogP contribution in [-0.2, 0) is 11.2 Å². The van der Waals surface area contributed by atoms with Crippen LogP contribution < -0.4 is 15.5 Å². The Morgan fingerprint density at radius 3 is 2.76 bits per heavy atom. The number of benzene rings is 2. The molecule has 2 aromatic rings. The van der Waals surface area contributed by atoms with Gasteiger partial charge in [0.15, 0.2) is 0 Å². The summed E-state index contributed by atoms with van der Waals surface area (Å²) in [5.41, 5.74) is 6.74. The lowest BCUT2D eigenvalue weighted by molar-refractivity contribution is -0.125. The van der Waals surface area contributed by atoms with E-state index in [2.05, 4.69) is 0 Å². The minimum atomic E-state index is -0.785. The molecule has 0 saturated heterocycles. The van der Waals surface area contributed by atoms with Crippen LogP contribution in [0.15, 0.2) is 42.5 Å². The van der Waals surface area contributed by atoms with E-state index >= 15 is 0 Å². The summed E-state index contributed by atoms with van der Waals surface area (Å²) in [6.45, 7) is 0. The number of anilines is 1. The molecule has 6 heteroatoms. The second-order valence-electron chi connectivity index (χ2n) is 4.81. The SMILES string of the molecule is NC1Cc2cc(Oc3cccc(F)c3)ccc2N(O)C1=O. The van der Waals surface area contributed by atoms with Crippen LogP contribution in [0.5, 0.6) is 11.5 Å².